The van der Waals surface area contributed by atoms with Gasteiger partial charge in [-0.25, -0.2) is 0 Å². The fraction of sp³-hybridized carbons (Fsp3) is 0.853. The molecule has 11 nitrogen and oxygen atoms in total. The summed E-state index contributed by atoms with van der Waals surface area (Å²) in [7, 11) is 0. The van der Waals surface area contributed by atoms with Crippen molar-refractivity contribution in [2.45, 2.75) is 352 Å². The Labute approximate surface area is 485 Å². The number of hydrogen-bond donors (Lipinski definition) is 6. The molecule has 0 aliphatic carbocycles. The van der Waals surface area contributed by atoms with E-state index in [0.717, 1.165) is 57.8 Å². The van der Waals surface area contributed by atoms with Crippen molar-refractivity contribution in [1.82, 2.24) is 5.32 Å². The van der Waals surface area contributed by atoms with Gasteiger partial charge in [0.2, 0.25) is 5.91 Å². The summed E-state index contributed by atoms with van der Waals surface area (Å²) in [4.78, 5) is 25.1. The molecule has 0 aromatic heterocycles. The van der Waals surface area contributed by atoms with Crippen LogP contribution < -0.4 is 5.32 Å². The molecule has 79 heavy (non-hydrogen) atoms. The molecule has 11 heteroatoms. The summed E-state index contributed by atoms with van der Waals surface area (Å²) >= 11 is 0. The van der Waals surface area contributed by atoms with Gasteiger partial charge in [-0.15, -0.1) is 0 Å². The van der Waals surface area contributed by atoms with Gasteiger partial charge in [0.1, 0.15) is 24.4 Å². The number of aliphatic hydroxyl groups is 5. The van der Waals surface area contributed by atoms with Crippen molar-refractivity contribution in [3.05, 3.63) is 48.6 Å². The number of carbonyl (C=O) groups is 2. The molecule has 1 saturated heterocycles. The minimum atomic E-state index is -1.58. The Morgan fingerprint density at radius 3 is 1.28 bits per heavy atom. The third-order valence-electron chi connectivity index (χ3n) is 15.6. The normalized spacial score (nSPS) is 18.7. The molecule has 7 atom stereocenters. The predicted molar refractivity (Wildman–Crippen MR) is 329 cm³/mol. The van der Waals surface area contributed by atoms with Crippen LogP contribution in [0.25, 0.3) is 0 Å². The third kappa shape index (κ3) is 46.8. The first-order chi connectivity index (χ1) is 38.7. The van der Waals surface area contributed by atoms with Gasteiger partial charge in [-0.1, -0.05) is 249 Å². The van der Waals surface area contributed by atoms with Crippen LogP contribution in [0.15, 0.2) is 48.6 Å². The fourth-order valence-corrected chi connectivity index (χ4v) is 10.3. The fourth-order valence-electron chi connectivity index (χ4n) is 10.3. The van der Waals surface area contributed by atoms with E-state index < -0.39 is 49.5 Å². The first kappa shape index (κ1) is 74.6. The molecule has 0 aromatic carbocycles. The number of hydrogen-bond acceptors (Lipinski definition) is 10. The maximum absolute atomic E-state index is 13.0. The highest BCUT2D eigenvalue weighted by atomic mass is 16.7. The van der Waals surface area contributed by atoms with Crippen molar-refractivity contribution < 1.29 is 49.3 Å². The molecule has 1 amide bonds. The minimum Gasteiger partial charge on any atom is -0.466 e. The van der Waals surface area contributed by atoms with Gasteiger partial charge < -0.3 is 45.1 Å². The van der Waals surface area contributed by atoms with Gasteiger partial charge in [-0.2, -0.15) is 0 Å². The van der Waals surface area contributed by atoms with Crippen molar-refractivity contribution in [2.24, 2.45) is 0 Å². The van der Waals surface area contributed by atoms with Crippen LogP contribution >= 0.6 is 0 Å². The van der Waals surface area contributed by atoms with Crippen molar-refractivity contribution >= 4 is 11.9 Å². The third-order valence-corrected chi connectivity index (χ3v) is 15.6. The first-order valence-corrected chi connectivity index (χ1v) is 33.4. The van der Waals surface area contributed by atoms with Crippen LogP contribution in [-0.4, -0.2) is 100 Å². The van der Waals surface area contributed by atoms with Gasteiger partial charge in [0.25, 0.3) is 0 Å². The Morgan fingerprint density at radius 2 is 0.823 bits per heavy atom. The van der Waals surface area contributed by atoms with Crippen molar-refractivity contribution in [2.75, 3.05) is 19.8 Å². The number of allylic oxidation sites excluding steroid dienone is 7. The largest absolute Gasteiger partial charge is 0.466 e. The van der Waals surface area contributed by atoms with Crippen LogP contribution in [0.1, 0.15) is 309 Å². The number of ether oxygens (including phenoxy) is 3. The second-order valence-electron chi connectivity index (χ2n) is 23.2. The van der Waals surface area contributed by atoms with E-state index in [1.165, 1.54) is 225 Å². The Hall–Kier alpha value is -2.38. The zero-order valence-corrected chi connectivity index (χ0v) is 51.1. The highest BCUT2D eigenvalue weighted by Gasteiger charge is 2.44. The number of nitrogens with one attached hydrogen (secondary N) is 1. The molecule has 0 aromatic rings. The highest BCUT2D eigenvalue weighted by Crippen LogP contribution is 2.23. The molecule has 0 saturated carbocycles. The zero-order valence-electron chi connectivity index (χ0n) is 51.1. The van der Waals surface area contributed by atoms with Crippen LogP contribution in [0.3, 0.4) is 0 Å². The number of amides is 1. The zero-order chi connectivity index (χ0) is 57.3. The average Bonchev–Trinajstić information content (AvgIpc) is 3.46. The molecule has 1 fully saturated rings. The summed E-state index contributed by atoms with van der Waals surface area (Å²) in [6.07, 6.45) is 64.0. The van der Waals surface area contributed by atoms with Crippen LogP contribution in [-0.2, 0) is 23.8 Å². The Balaban J connectivity index is 1.94. The van der Waals surface area contributed by atoms with E-state index in [9.17, 15) is 35.1 Å². The van der Waals surface area contributed by atoms with Crippen molar-refractivity contribution in [3.8, 4) is 0 Å². The van der Waals surface area contributed by atoms with Crippen LogP contribution in [0, 0.1) is 0 Å². The first-order valence-electron chi connectivity index (χ1n) is 33.4. The lowest BCUT2D eigenvalue weighted by Gasteiger charge is -2.40. The maximum atomic E-state index is 13.0. The molecule has 462 valence electrons. The van der Waals surface area contributed by atoms with Gasteiger partial charge >= 0.3 is 5.97 Å². The monoisotopic (exact) mass is 1120 g/mol. The summed E-state index contributed by atoms with van der Waals surface area (Å²) in [6, 6.07) is -0.826. The molecule has 1 aliphatic heterocycles. The summed E-state index contributed by atoms with van der Waals surface area (Å²) in [5.41, 5.74) is 0. The summed E-state index contributed by atoms with van der Waals surface area (Å²) < 4.78 is 16.7. The smallest absolute Gasteiger partial charge is 0.305 e. The molecule has 6 N–H and O–H groups in total. The highest BCUT2D eigenvalue weighted by molar-refractivity contribution is 5.76. The Morgan fingerprint density at radius 1 is 0.456 bits per heavy atom. The van der Waals surface area contributed by atoms with Gasteiger partial charge in [-0.05, 0) is 96.3 Å². The SMILES string of the molecule is CCCCC/C=C/CC/C=C/C(O)C(COC1OC(CO)C(O)C(O)C1O)NC(=O)CCCCCCCCCCCCCC/C=C\CCCCCCCCCCCCCCOC(=O)CCCCCCC/C=C\CCCCCCC. The molecule has 1 aliphatic rings. The molecule has 1 heterocycles. The van der Waals surface area contributed by atoms with E-state index in [1.807, 2.05) is 6.08 Å². The average molecular weight is 1120 g/mol. The molecule has 7 unspecified atom stereocenters. The maximum Gasteiger partial charge on any atom is 0.305 e. The number of esters is 1. The lowest BCUT2D eigenvalue weighted by Crippen LogP contribution is -2.60. The van der Waals surface area contributed by atoms with Gasteiger partial charge in [0.15, 0.2) is 6.29 Å². The lowest BCUT2D eigenvalue weighted by atomic mass is 9.99. The van der Waals surface area contributed by atoms with E-state index in [0.29, 0.717) is 19.4 Å². The molecule has 0 radical (unpaired) electrons. The standard InChI is InChI=1S/C68H125NO10/c1-3-5-7-9-11-13-14-15-33-36-40-44-48-52-56-64(73)77-57-53-49-45-41-37-34-31-29-27-25-23-21-19-17-16-18-20-22-24-26-28-30-32-35-39-43-47-51-55-63(72)69-60(61(71)54-50-46-42-38-12-10-8-6-4-2)59-78-68-67(76)66(75)65(74)62(58-70)79-68/h12,14-17,38,50,54,60-62,65-68,70-71,74-76H,3-11,13,18-37,39-49,51-53,55-59H2,1-2H3,(H,69,72)/b15-14-,17-16-,38-12+,54-50+. The summed E-state index contributed by atoms with van der Waals surface area (Å²) in [5.74, 6) is -0.197. The summed E-state index contributed by atoms with van der Waals surface area (Å²) in [6.45, 7) is 4.28. The van der Waals surface area contributed by atoms with Crippen LogP contribution in [0.5, 0.6) is 0 Å². The lowest BCUT2D eigenvalue weighted by molar-refractivity contribution is -0.302. The Kier molecular flexibility index (Phi) is 54.3. The number of unbranched alkanes of at least 4 members (excludes halogenated alkanes) is 38. The topological polar surface area (TPSA) is 175 Å². The second kappa shape index (κ2) is 57.4. The molecule has 0 bridgehead atoms. The van der Waals surface area contributed by atoms with Crippen molar-refractivity contribution in [3.63, 3.8) is 0 Å². The van der Waals surface area contributed by atoms with E-state index >= 15 is 0 Å². The minimum absolute atomic E-state index is 0.00240. The Bertz CT molecular complexity index is 1450. The molecule has 0 spiro atoms. The van der Waals surface area contributed by atoms with Gasteiger partial charge in [0.05, 0.1) is 32.0 Å². The van der Waals surface area contributed by atoms with E-state index in [4.69, 9.17) is 14.2 Å². The second-order valence-corrected chi connectivity index (χ2v) is 23.2. The number of aliphatic hydroxyl groups excluding tert-OH is 5. The molecular formula is C68H125NO10. The van der Waals surface area contributed by atoms with Crippen LogP contribution in [0.2, 0.25) is 0 Å². The predicted octanol–water partition coefficient (Wildman–Crippen LogP) is 16.4. The van der Waals surface area contributed by atoms with E-state index in [2.05, 4.69) is 55.6 Å². The van der Waals surface area contributed by atoms with Crippen LogP contribution in [0.4, 0.5) is 0 Å². The van der Waals surface area contributed by atoms with Crippen molar-refractivity contribution in [1.29, 1.82) is 0 Å². The van der Waals surface area contributed by atoms with Gasteiger partial charge in [-0.3, -0.25) is 9.59 Å². The summed E-state index contributed by atoms with van der Waals surface area (Å²) in [5, 5.41) is 54.2. The van der Waals surface area contributed by atoms with E-state index in [-0.39, 0.29) is 18.5 Å². The van der Waals surface area contributed by atoms with E-state index in [1.54, 1.807) is 6.08 Å². The molecular weight excluding hydrogens is 991 g/mol. The quantitative estimate of drug-likeness (QED) is 0.0195. The molecule has 1 rings (SSSR count). The number of rotatable bonds is 58. The number of carbonyl (C=O) groups excluding carboxylic acids is 2. The van der Waals surface area contributed by atoms with Gasteiger partial charge in [0, 0.05) is 12.8 Å².